The molecule has 1 aliphatic rings. The standard InChI is InChI=1S/C19H25N3OS/c1-16-20-9-12-22(16)13-17-7-10-21(11-8-17)19(23)15-24-14-18-5-3-2-4-6-18/h2-6,9,12,17H,7-8,10-11,13-15H2,1H3. The Morgan fingerprint density at radius 2 is 2.00 bits per heavy atom. The van der Waals surface area contributed by atoms with Crippen LogP contribution >= 0.6 is 11.8 Å². The fourth-order valence-corrected chi connectivity index (χ4v) is 4.05. The Bertz CT molecular complexity index is 648. The zero-order valence-corrected chi connectivity index (χ0v) is 15.0. The summed E-state index contributed by atoms with van der Waals surface area (Å²) in [5.41, 5.74) is 1.28. The minimum absolute atomic E-state index is 0.285. The van der Waals surface area contributed by atoms with Gasteiger partial charge in [-0.05, 0) is 31.2 Å². The summed E-state index contributed by atoms with van der Waals surface area (Å²) in [5, 5.41) is 0. The molecule has 5 heteroatoms. The minimum atomic E-state index is 0.285. The summed E-state index contributed by atoms with van der Waals surface area (Å²) in [5.74, 6) is 3.50. The first-order chi connectivity index (χ1) is 11.7. The number of nitrogens with zero attached hydrogens (tertiary/aromatic N) is 3. The van der Waals surface area contributed by atoms with Gasteiger partial charge in [0.2, 0.25) is 5.91 Å². The quantitative estimate of drug-likeness (QED) is 0.807. The van der Waals surface area contributed by atoms with E-state index in [-0.39, 0.29) is 5.91 Å². The van der Waals surface area contributed by atoms with E-state index in [0.717, 1.165) is 44.1 Å². The number of piperidine rings is 1. The van der Waals surface area contributed by atoms with E-state index in [1.165, 1.54) is 5.56 Å². The van der Waals surface area contributed by atoms with E-state index >= 15 is 0 Å². The van der Waals surface area contributed by atoms with Crippen LogP contribution in [-0.4, -0.2) is 39.2 Å². The van der Waals surface area contributed by atoms with Gasteiger partial charge in [0.25, 0.3) is 0 Å². The third-order valence-electron chi connectivity index (χ3n) is 4.68. The van der Waals surface area contributed by atoms with Crippen LogP contribution in [0.2, 0.25) is 0 Å². The molecule has 1 amide bonds. The van der Waals surface area contributed by atoms with Crippen molar-refractivity contribution in [2.75, 3.05) is 18.8 Å². The molecule has 0 aliphatic carbocycles. The number of benzene rings is 1. The zero-order chi connectivity index (χ0) is 16.8. The number of aryl methyl sites for hydroxylation is 1. The number of hydrogen-bond acceptors (Lipinski definition) is 3. The van der Waals surface area contributed by atoms with Crippen LogP contribution in [0.3, 0.4) is 0 Å². The second kappa shape index (κ2) is 8.38. The molecule has 1 aliphatic heterocycles. The Morgan fingerprint density at radius 1 is 1.25 bits per heavy atom. The molecule has 4 nitrogen and oxygen atoms in total. The molecule has 1 aromatic heterocycles. The molecule has 24 heavy (non-hydrogen) atoms. The molecule has 0 N–H and O–H groups in total. The van der Waals surface area contributed by atoms with Crippen molar-refractivity contribution >= 4 is 17.7 Å². The molecule has 0 radical (unpaired) electrons. The summed E-state index contributed by atoms with van der Waals surface area (Å²) < 4.78 is 2.22. The van der Waals surface area contributed by atoms with Crippen molar-refractivity contribution in [1.82, 2.24) is 14.5 Å². The number of amides is 1. The highest BCUT2D eigenvalue weighted by molar-refractivity contribution is 7.99. The molecular weight excluding hydrogens is 318 g/mol. The van der Waals surface area contributed by atoms with E-state index in [2.05, 4.69) is 21.7 Å². The van der Waals surface area contributed by atoms with Gasteiger partial charge in [0.05, 0.1) is 5.75 Å². The number of imidazole rings is 1. The molecule has 0 spiro atoms. The fraction of sp³-hybridized carbons (Fsp3) is 0.474. The average Bonchev–Trinajstić information content (AvgIpc) is 3.01. The number of rotatable bonds is 6. The second-order valence-electron chi connectivity index (χ2n) is 6.43. The van der Waals surface area contributed by atoms with Gasteiger partial charge in [0.1, 0.15) is 5.82 Å². The molecule has 128 valence electrons. The molecule has 0 atom stereocenters. The van der Waals surface area contributed by atoms with Crippen LogP contribution in [0.1, 0.15) is 24.2 Å². The first-order valence-corrected chi connectivity index (χ1v) is 9.75. The third kappa shape index (κ3) is 4.63. The molecule has 3 rings (SSSR count). The zero-order valence-electron chi connectivity index (χ0n) is 14.2. The van der Waals surface area contributed by atoms with Gasteiger partial charge in [-0.1, -0.05) is 30.3 Å². The smallest absolute Gasteiger partial charge is 0.232 e. The molecule has 2 heterocycles. The first-order valence-electron chi connectivity index (χ1n) is 8.59. The highest BCUT2D eigenvalue weighted by atomic mass is 32.2. The maximum atomic E-state index is 12.4. The van der Waals surface area contributed by atoms with Crippen molar-refractivity contribution in [1.29, 1.82) is 0 Å². The molecule has 0 bridgehead atoms. The van der Waals surface area contributed by atoms with Crippen LogP contribution in [0.5, 0.6) is 0 Å². The average molecular weight is 343 g/mol. The Kier molecular flexibility index (Phi) is 5.96. The van der Waals surface area contributed by atoms with Crippen LogP contribution in [-0.2, 0) is 17.1 Å². The van der Waals surface area contributed by atoms with Gasteiger partial charge in [0.15, 0.2) is 0 Å². The number of likely N-dealkylation sites (tertiary alicyclic amines) is 1. The maximum absolute atomic E-state index is 12.4. The monoisotopic (exact) mass is 343 g/mol. The Labute approximate surface area is 148 Å². The molecule has 1 saturated heterocycles. The van der Waals surface area contributed by atoms with Crippen molar-refractivity contribution in [2.24, 2.45) is 5.92 Å². The van der Waals surface area contributed by atoms with E-state index in [1.54, 1.807) is 11.8 Å². The molecular formula is C19H25N3OS. The third-order valence-corrected chi connectivity index (χ3v) is 5.67. The van der Waals surface area contributed by atoms with Gasteiger partial charge < -0.3 is 9.47 Å². The van der Waals surface area contributed by atoms with E-state index in [4.69, 9.17) is 0 Å². The highest BCUT2D eigenvalue weighted by Gasteiger charge is 2.23. The fourth-order valence-electron chi connectivity index (χ4n) is 3.16. The lowest BCUT2D eigenvalue weighted by Crippen LogP contribution is -2.40. The van der Waals surface area contributed by atoms with E-state index < -0.39 is 0 Å². The number of aromatic nitrogens is 2. The summed E-state index contributed by atoms with van der Waals surface area (Å²) in [6, 6.07) is 10.3. The number of thioether (sulfide) groups is 1. The summed E-state index contributed by atoms with van der Waals surface area (Å²) >= 11 is 1.71. The summed E-state index contributed by atoms with van der Waals surface area (Å²) in [7, 11) is 0. The van der Waals surface area contributed by atoms with E-state index in [9.17, 15) is 4.79 Å². The molecule has 1 aromatic carbocycles. The SMILES string of the molecule is Cc1nccn1CC1CCN(C(=O)CSCc2ccccc2)CC1. The Hall–Kier alpha value is -1.75. The number of carbonyl (C=O) groups is 1. The lowest BCUT2D eigenvalue weighted by atomic mass is 9.96. The Balaban J connectivity index is 1.38. The molecule has 0 saturated carbocycles. The van der Waals surface area contributed by atoms with Crippen molar-refractivity contribution in [2.45, 2.75) is 32.1 Å². The van der Waals surface area contributed by atoms with Crippen LogP contribution in [0.4, 0.5) is 0 Å². The summed E-state index contributed by atoms with van der Waals surface area (Å²) in [6.07, 6.45) is 6.09. The lowest BCUT2D eigenvalue weighted by Gasteiger charge is -2.32. The summed E-state index contributed by atoms with van der Waals surface area (Å²) in [4.78, 5) is 18.7. The van der Waals surface area contributed by atoms with Gasteiger partial charge in [0, 0.05) is 37.8 Å². The van der Waals surface area contributed by atoms with Gasteiger partial charge in [-0.2, -0.15) is 0 Å². The van der Waals surface area contributed by atoms with Gasteiger partial charge >= 0.3 is 0 Å². The molecule has 1 fully saturated rings. The Morgan fingerprint density at radius 3 is 2.67 bits per heavy atom. The van der Waals surface area contributed by atoms with Crippen LogP contribution in [0, 0.1) is 12.8 Å². The van der Waals surface area contributed by atoms with E-state index in [0.29, 0.717) is 11.7 Å². The predicted molar refractivity (Wildman–Crippen MR) is 98.9 cm³/mol. The number of carbonyl (C=O) groups excluding carboxylic acids is 1. The summed E-state index contributed by atoms with van der Waals surface area (Å²) in [6.45, 7) is 4.85. The van der Waals surface area contributed by atoms with Gasteiger partial charge in [-0.15, -0.1) is 11.8 Å². The van der Waals surface area contributed by atoms with Crippen LogP contribution in [0.25, 0.3) is 0 Å². The molecule has 0 unspecified atom stereocenters. The van der Waals surface area contributed by atoms with E-state index in [1.807, 2.05) is 42.4 Å². The van der Waals surface area contributed by atoms with Crippen molar-refractivity contribution in [3.05, 3.63) is 54.1 Å². The normalized spacial score (nSPS) is 15.6. The number of hydrogen-bond donors (Lipinski definition) is 0. The van der Waals surface area contributed by atoms with Crippen molar-refractivity contribution < 1.29 is 4.79 Å². The van der Waals surface area contributed by atoms with Gasteiger partial charge in [-0.3, -0.25) is 4.79 Å². The lowest BCUT2D eigenvalue weighted by molar-refractivity contribution is -0.129. The largest absolute Gasteiger partial charge is 0.342 e. The van der Waals surface area contributed by atoms with Gasteiger partial charge in [-0.25, -0.2) is 4.98 Å². The first kappa shape index (κ1) is 17.1. The maximum Gasteiger partial charge on any atom is 0.232 e. The van der Waals surface area contributed by atoms with Crippen LogP contribution < -0.4 is 0 Å². The van der Waals surface area contributed by atoms with Crippen molar-refractivity contribution in [3.8, 4) is 0 Å². The second-order valence-corrected chi connectivity index (χ2v) is 7.41. The predicted octanol–water partition coefficient (Wildman–Crippen LogP) is 3.36. The highest BCUT2D eigenvalue weighted by Crippen LogP contribution is 2.21. The van der Waals surface area contributed by atoms with Crippen molar-refractivity contribution in [3.63, 3.8) is 0 Å². The van der Waals surface area contributed by atoms with Crippen LogP contribution in [0.15, 0.2) is 42.7 Å². The minimum Gasteiger partial charge on any atom is -0.342 e. The molecule has 2 aromatic rings. The topological polar surface area (TPSA) is 38.1 Å².